The van der Waals surface area contributed by atoms with Crippen molar-refractivity contribution in [3.63, 3.8) is 0 Å². The summed E-state index contributed by atoms with van der Waals surface area (Å²) in [6.45, 7) is 0.481. The number of benzene rings is 3. The smallest absolute Gasteiger partial charge is 0.293 e. The van der Waals surface area contributed by atoms with Crippen molar-refractivity contribution < 1.29 is 19.1 Å². The van der Waals surface area contributed by atoms with Crippen molar-refractivity contribution in [1.82, 2.24) is 4.90 Å². The molecule has 1 aliphatic rings. The van der Waals surface area contributed by atoms with E-state index in [4.69, 9.17) is 32.7 Å². The van der Waals surface area contributed by atoms with Gasteiger partial charge >= 0.3 is 0 Å². The molecule has 4 rings (SSSR count). The van der Waals surface area contributed by atoms with Gasteiger partial charge in [-0.1, -0.05) is 69.5 Å². The summed E-state index contributed by atoms with van der Waals surface area (Å²) >= 11 is 16.4. The lowest BCUT2D eigenvalue weighted by Crippen LogP contribution is -2.27. The van der Waals surface area contributed by atoms with E-state index in [2.05, 4.69) is 15.9 Å². The second-order valence-electron chi connectivity index (χ2n) is 7.31. The third-order valence-electron chi connectivity index (χ3n) is 5.02. The van der Waals surface area contributed by atoms with Crippen LogP contribution in [0.3, 0.4) is 0 Å². The number of carbonyl (C=O) groups is 2. The quantitative estimate of drug-likeness (QED) is 0.270. The van der Waals surface area contributed by atoms with Gasteiger partial charge in [0.05, 0.1) is 28.6 Å². The number of amides is 2. The standard InChI is InChI=1S/C25H18BrCl2NO4S/c1-32-22-11-15(7-9-21(22)33-14-16-6-8-19(27)20(28)10-16)12-23-24(30)29(25(31)34-23)13-17-4-2-3-5-18(17)26/h2-12H,13-14H2,1H3/b23-12-. The Morgan fingerprint density at radius 1 is 1.00 bits per heavy atom. The first-order valence-corrected chi connectivity index (χ1v) is 12.5. The molecule has 2 amide bonds. The third kappa shape index (κ3) is 5.61. The minimum absolute atomic E-state index is 0.203. The number of imide groups is 1. The molecular formula is C25H18BrCl2NO4S. The first-order valence-electron chi connectivity index (χ1n) is 10.1. The van der Waals surface area contributed by atoms with Crippen molar-refractivity contribution in [1.29, 1.82) is 0 Å². The van der Waals surface area contributed by atoms with E-state index in [1.165, 1.54) is 12.0 Å². The van der Waals surface area contributed by atoms with E-state index in [1.807, 2.05) is 30.3 Å². The molecule has 1 saturated heterocycles. The monoisotopic (exact) mass is 577 g/mol. The molecule has 0 saturated carbocycles. The van der Waals surface area contributed by atoms with E-state index in [9.17, 15) is 9.59 Å². The molecule has 0 spiro atoms. The lowest BCUT2D eigenvalue weighted by Gasteiger charge is -2.13. The van der Waals surface area contributed by atoms with Gasteiger partial charge in [-0.3, -0.25) is 14.5 Å². The summed E-state index contributed by atoms with van der Waals surface area (Å²) in [4.78, 5) is 27.0. The summed E-state index contributed by atoms with van der Waals surface area (Å²) in [5, 5.41) is 0.632. The van der Waals surface area contributed by atoms with Crippen molar-refractivity contribution in [3.8, 4) is 11.5 Å². The summed E-state index contributed by atoms with van der Waals surface area (Å²) in [5.74, 6) is 0.707. The number of ether oxygens (including phenoxy) is 2. The molecule has 1 fully saturated rings. The van der Waals surface area contributed by atoms with Gasteiger partial charge < -0.3 is 9.47 Å². The Balaban J connectivity index is 1.49. The molecule has 5 nitrogen and oxygen atoms in total. The normalized spacial score (nSPS) is 14.7. The fraction of sp³-hybridized carbons (Fsp3) is 0.120. The molecule has 3 aromatic rings. The first kappa shape index (κ1) is 24.7. The maximum Gasteiger partial charge on any atom is 0.293 e. The van der Waals surface area contributed by atoms with Gasteiger partial charge in [-0.2, -0.15) is 0 Å². The molecule has 0 unspecified atom stereocenters. The van der Waals surface area contributed by atoms with Gasteiger partial charge in [-0.25, -0.2) is 0 Å². The molecule has 174 valence electrons. The summed E-state index contributed by atoms with van der Waals surface area (Å²) < 4.78 is 12.2. The minimum atomic E-state index is -0.329. The van der Waals surface area contributed by atoms with Crippen LogP contribution in [0, 0.1) is 0 Å². The van der Waals surface area contributed by atoms with Crippen molar-refractivity contribution >= 4 is 68.1 Å². The summed E-state index contributed by atoms with van der Waals surface area (Å²) in [6, 6.07) is 18.1. The molecule has 0 N–H and O–H groups in total. The van der Waals surface area contributed by atoms with Gasteiger partial charge in [0.1, 0.15) is 6.61 Å². The zero-order valence-electron chi connectivity index (χ0n) is 17.9. The Kier molecular flexibility index (Phi) is 7.88. The summed E-state index contributed by atoms with van der Waals surface area (Å²) in [5.41, 5.74) is 2.43. The SMILES string of the molecule is COc1cc(/C=C2\SC(=O)N(Cc3ccccc3Br)C2=O)ccc1OCc1ccc(Cl)c(Cl)c1. The molecule has 9 heteroatoms. The number of hydrogen-bond donors (Lipinski definition) is 0. The van der Waals surface area contributed by atoms with Gasteiger partial charge in [0.15, 0.2) is 11.5 Å². The number of nitrogens with zero attached hydrogens (tertiary/aromatic N) is 1. The van der Waals surface area contributed by atoms with E-state index in [-0.39, 0.29) is 24.3 Å². The highest BCUT2D eigenvalue weighted by molar-refractivity contribution is 9.10. The molecule has 0 radical (unpaired) electrons. The van der Waals surface area contributed by atoms with Crippen LogP contribution in [-0.2, 0) is 17.9 Å². The molecule has 3 aromatic carbocycles. The molecule has 0 atom stereocenters. The lowest BCUT2D eigenvalue weighted by molar-refractivity contribution is -0.123. The largest absolute Gasteiger partial charge is 0.493 e. The summed E-state index contributed by atoms with van der Waals surface area (Å²) in [6.07, 6.45) is 1.68. The molecule has 1 aliphatic heterocycles. The molecule has 0 aromatic heterocycles. The Labute approximate surface area is 219 Å². The minimum Gasteiger partial charge on any atom is -0.493 e. The van der Waals surface area contributed by atoms with E-state index in [0.29, 0.717) is 32.0 Å². The highest BCUT2D eigenvalue weighted by Gasteiger charge is 2.35. The number of rotatable bonds is 7. The van der Waals surface area contributed by atoms with Crippen LogP contribution in [0.15, 0.2) is 70.0 Å². The number of carbonyl (C=O) groups excluding carboxylic acids is 2. The Bertz CT molecular complexity index is 1300. The fourth-order valence-corrected chi connectivity index (χ4v) is 4.84. The molecule has 1 heterocycles. The topological polar surface area (TPSA) is 55.8 Å². The number of methoxy groups -OCH3 is 1. The highest BCUT2D eigenvalue weighted by Crippen LogP contribution is 2.36. The Hall–Kier alpha value is -2.45. The molecule has 34 heavy (non-hydrogen) atoms. The van der Waals surface area contributed by atoms with E-state index >= 15 is 0 Å². The van der Waals surface area contributed by atoms with Gasteiger partial charge in [0, 0.05) is 4.47 Å². The van der Waals surface area contributed by atoms with Crippen LogP contribution in [0.1, 0.15) is 16.7 Å². The van der Waals surface area contributed by atoms with Gasteiger partial charge in [0.2, 0.25) is 0 Å². The number of thioether (sulfide) groups is 1. The van der Waals surface area contributed by atoms with Crippen LogP contribution in [0.2, 0.25) is 10.0 Å². The fourth-order valence-electron chi connectivity index (χ4n) is 3.27. The maximum absolute atomic E-state index is 12.9. The van der Waals surface area contributed by atoms with Crippen molar-refractivity contribution in [2.75, 3.05) is 7.11 Å². The van der Waals surface area contributed by atoms with Crippen LogP contribution in [0.5, 0.6) is 11.5 Å². The molecule has 0 aliphatic carbocycles. The second kappa shape index (κ2) is 10.9. The average molecular weight is 579 g/mol. The Morgan fingerprint density at radius 3 is 2.53 bits per heavy atom. The van der Waals surface area contributed by atoms with Gasteiger partial charge in [-0.05, 0) is 64.9 Å². The van der Waals surface area contributed by atoms with Crippen molar-refractivity contribution in [3.05, 3.63) is 96.8 Å². The zero-order valence-corrected chi connectivity index (χ0v) is 21.8. The van der Waals surface area contributed by atoms with Crippen molar-refractivity contribution in [2.45, 2.75) is 13.2 Å². The van der Waals surface area contributed by atoms with Gasteiger partial charge in [-0.15, -0.1) is 0 Å². The zero-order chi connectivity index (χ0) is 24.2. The van der Waals surface area contributed by atoms with Crippen LogP contribution >= 0.6 is 50.9 Å². The number of hydrogen-bond acceptors (Lipinski definition) is 5. The lowest BCUT2D eigenvalue weighted by atomic mass is 10.1. The highest BCUT2D eigenvalue weighted by atomic mass is 79.9. The predicted octanol–water partition coefficient (Wildman–Crippen LogP) is 7.58. The first-order chi connectivity index (χ1) is 16.4. The third-order valence-corrected chi connectivity index (χ3v) is 7.44. The predicted molar refractivity (Wildman–Crippen MR) is 139 cm³/mol. The van der Waals surface area contributed by atoms with Crippen LogP contribution < -0.4 is 9.47 Å². The Morgan fingerprint density at radius 2 is 1.79 bits per heavy atom. The second-order valence-corrected chi connectivity index (χ2v) is 9.97. The maximum atomic E-state index is 12.9. The molecule has 0 bridgehead atoms. The van der Waals surface area contributed by atoms with Crippen molar-refractivity contribution in [2.24, 2.45) is 0 Å². The van der Waals surface area contributed by atoms with Crippen LogP contribution in [-0.4, -0.2) is 23.2 Å². The van der Waals surface area contributed by atoms with Crippen LogP contribution in [0.25, 0.3) is 6.08 Å². The van der Waals surface area contributed by atoms with E-state index in [1.54, 1.807) is 36.4 Å². The summed E-state index contributed by atoms with van der Waals surface area (Å²) in [7, 11) is 1.54. The van der Waals surface area contributed by atoms with E-state index in [0.717, 1.165) is 27.4 Å². The van der Waals surface area contributed by atoms with E-state index < -0.39 is 0 Å². The number of halogens is 3. The van der Waals surface area contributed by atoms with Crippen LogP contribution in [0.4, 0.5) is 4.79 Å². The molecular weight excluding hydrogens is 561 g/mol. The average Bonchev–Trinajstić information content (AvgIpc) is 3.08. The van der Waals surface area contributed by atoms with Gasteiger partial charge in [0.25, 0.3) is 11.1 Å².